The van der Waals surface area contributed by atoms with Gasteiger partial charge in [-0.2, -0.15) is 0 Å². The zero-order valence-corrected chi connectivity index (χ0v) is 17.0. The van der Waals surface area contributed by atoms with E-state index in [2.05, 4.69) is 16.0 Å². The van der Waals surface area contributed by atoms with Crippen LogP contribution >= 0.6 is 0 Å². The molecule has 0 aliphatic rings. The van der Waals surface area contributed by atoms with Crippen LogP contribution in [0, 0.1) is 0 Å². The Kier molecular flexibility index (Phi) is 7.05. The third-order valence-corrected chi connectivity index (χ3v) is 4.13. The summed E-state index contributed by atoms with van der Waals surface area (Å²) in [7, 11) is 0. The maximum atomic E-state index is 12.4. The van der Waals surface area contributed by atoms with E-state index in [9.17, 15) is 9.59 Å². The van der Waals surface area contributed by atoms with Gasteiger partial charge in [-0.05, 0) is 56.3 Å². The molecule has 0 saturated carbocycles. The van der Waals surface area contributed by atoms with Crippen LogP contribution in [0.3, 0.4) is 0 Å². The molecule has 3 aromatic carbocycles. The summed E-state index contributed by atoms with van der Waals surface area (Å²) in [5.74, 6) is 0.243. The van der Waals surface area contributed by atoms with Gasteiger partial charge in [0.25, 0.3) is 5.91 Å². The summed E-state index contributed by atoms with van der Waals surface area (Å²) in [6.45, 7) is 3.94. The molecule has 30 heavy (non-hydrogen) atoms. The molecule has 0 fully saturated rings. The number of carbonyl (C=O) groups excluding carboxylic acids is 2. The van der Waals surface area contributed by atoms with Gasteiger partial charge in [-0.15, -0.1) is 0 Å². The van der Waals surface area contributed by atoms with Crippen molar-refractivity contribution in [2.24, 2.45) is 0 Å². The fourth-order valence-electron chi connectivity index (χ4n) is 2.80. The van der Waals surface area contributed by atoms with E-state index < -0.39 is 0 Å². The van der Waals surface area contributed by atoms with Gasteiger partial charge < -0.3 is 20.7 Å². The lowest BCUT2D eigenvalue weighted by molar-refractivity contribution is -0.114. The van der Waals surface area contributed by atoms with Crippen LogP contribution in [0.25, 0.3) is 0 Å². The van der Waals surface area contributed by atoms with Gasteiger partial charge in [0.2, 0.25) is 5.91 Å². The van der Waals surface area contributed by atoms with Crippen LogP contribution in [-0.2, 0) is 4.79 Å². The van der Waals surface area contributed by atoms with Gasteiger partial charge >= 0.3 is 0 Å². The van der Waals surface area contributed by atoms with Crippen molar-refractivity contribution in [3.63, 3.8) is 0 Å². The van der Waals surface area contributed by atoms with Crippen LogP contribution in [0.2, 0.25) is 0 Å². The lowest BCUT2D eigenvalue weighted by atomic mass is 10.2. The van der Waals surface area contributed by atoms with Crippen molar-refractivity contribution in [1.29, 1.82) is 0 Å². The molecule has 6 heteroatoms. The highest BCUT2D eigenvalue weighted by Gasteiger charge is 2.09. The van der Waals surface area contributed by atoms with E-state index in [1.165, 1.54) is 0 Å². The number of hydrogen-bond donors (Lipinski definition) is 3. The Bertz CT molecular complexity index is 1000. The first-order chi connectivity index (χ1) is 14.5. The summed E-state index contributed by atoms with van der Waals surface area (Å²) in [6, 6.07) is 23.5. The van der Waals surface area contributed by atoms with Crippen molar-refractivity contribution < 1.29 is 14.3 Å². The summed E-state index contributed by atoms with van der Waals surface area (Å²) in [4.78, 5) is 24.7. The maximum absolute atomic E-state index is 12.4. The van der Waals surface area contributed by atoms with Gasteiger partial charge in [0.1, 0.15) is 5.75 Å². The first-order valence-electron chi connectivity index (χ1n) is 9.77. The number of carbonyl (C=O) groups is 2. The number of nitrogens with one attached hydrogen (secondary N) is 3. The molecule has 0 bridgehead atoms. The predicted molar refractivity (Wildman–Crippen MR) is 120 cm³/mol. The molecule has 0 spiro atoms. The van der Waals surface area contributed by atoms with Gasteiger partial charge in [0, 0.05) is 16.9 Å². The van der Waals surface area contributed by atoms with Gasteiger partial charge in [0.15, 0.2) is 0 Å². The number of para-hydroxylation sites is 2. The van der Waals surface area contributed by atoms with Gasteiger partial charge in [-0.3, -0.25) is 9.59 Å². The fourth-order valence-corrected chi connectivity index (χ4v) is 2.80. The fraction of sp³-hybridized carbons (Fsp3) is 0.167. The molecule has 0 aliphatic heterocycles. The number of hydrogen-bond acceptors (Lipinski definition) is 4. The minimum absolute atomic E-state index is 0.00927. The highest BCUT2D eigenvalue weighted by Crippen LogP contribution is 2.24. The zero-order chi connectivity index (χ0) is 21.3. The molecule has 2 amide bonds. The Morgan fingerprint density at radius 3 is 2.30 bits per heavy atom. The molecule has 6 nitrogen and oxygen atoms in total. The summed E-state index contributed by atoms with van der Waals surface area (Å²) >= 11 is 0. The average Bonchev–Trinajstić information content (AvgIpc) is 2.74. The van der Waals surface area contributed by atoms with Crippen molar-refractivity contribution in [3.8, 4) is 5.75 Å². The smallest absolute Gasteiger partial charge is 0.255 e. The highest BCUT2D eigenvalue weighted by atomic mass is 16.5. The van der Waals surface area contributed by atoms with E-state index in [0.29, 0.717) is 22.7 Å². The summed E-state index contributed by atoms with van der Waals surface area (Å²) in [5, 5.41) is 8.79. The first-order valence-corrected chi connectivity index (χ1v) is 9.77. The van der Waals surface area contributed by atoms with Gasteiger partial charge in [-0.1, -0.05) is 36.4 Å². The largest absolute Gasteiger partial charge is 0.489 e. The van der Waals surface area contributed by atoms with Crippen LogP contribution in [0.1, 0.15) is 24.2 Å². The molecule has 3 rings (SSSR count). The molecule has 0 radical (unpaired) electrons. The standard InChI is InChI=1S/C24H25N3O3/c1-17(2)30-22-14-7-6-13-21(22)27-23(28)16-25-19-11-8-12-20(15-19)26-24(29)18-9-4-3-5-10-18/h3-15,17,25H,16H2,1-2H3,(H,26,29)(H,27,28). The molecule has 0 heterocycles. The van der Waals surface area contributed by atoms with E-state index in [1.54, 1.807) is 30.3 Å². The number of benzene rings is 3. The summed E-state index contributed by atoms with van der Waals surface area (Å²) in [6.07, 6.45) is 0.00927. The van der Waals surface area contributed by atoms with Crippen molar-refractivity contribution in [3.05, 3.63) is 84.4 Å². The lowest BCUT2D eigenvalue weighted by Gasteiger charge is -2.15. The molecule has 0 aromatic heterocycles. The average molecular weight is 403 g/mol. The van der Waals surface area contributed by atoms with Crippen LogP contribution in [-0.4, -0.2) is 24.5 Å². The Hall–Kier alpha value is -3.80. The third-order valence-electron chi connectivity index (χ3n) is 4.13. The zero-order valence-electron chi connectivity index (χ0n) is 17.0. The Labute approximate surface area is 176 Å². The third kappa shape index (κ3) is 6.10. The van der Waals surface area contributed by atoms with E-state index in [-0.39, 0.29) is 24.5 Å². The van der Waals surface area contributed by atoms with E-state index in [1.807, 2.05) is 62.4 Å². The summed E-state index contributed by atoms with van der Waals surface area (Å²) < 4.78 is 5.72. The van der Waals surface area contributed by atoms with E-state index in [4.69, 9.17) is 4.74 Å². The van der Waals surface area contributed by atoms with Crippen molar-refractivity contribution in [2.45, 2.75) is 20.0 Å². The molecular formula is C24H25N3O3. The first kappa shape index (κ1) is 20.9. The quantitative estimate of drug-likeness (QED) is 0.506. The second kappa shape index (κ2) is 10.1. The number of rotatable bonds is 8. The minimum atomic E-state index is -0.200. The number of amides is 2. The van der Waals surface area contributed by atoms with Crippen LogP contribution in [0.5, 0.6) is 5.75 Å². The molecule has 0 aliphatic carbocycles. The minimum Gasteiger partial charge on any atom is -0.489 e. The number of anilines is 3. The molecule has 154 valence electrons. The van der Waals surface area contributed by atoms with E-state index in [0.717, 1.165) is 5.69 Å². The monoisotopic (exact) mass is 403 g/mol. The maximum Gasteiger partial charge on any atom is 0.255 e. The Balaban J connectivity index is 1.57. The molecule has 0 atom stereocenters. The second-order valence-corrected chi connectivity index (χ2v) is 6.97. The number of ether oxygens (including phenoxy) is 1. The molecule has 0 saturated heterocycles. The topological polar surface area (TPSA) is 79.5 Å². The van der Waals surface area contributed by atoms with Crippen LogP contribution in [0.4, 0.5) is 17.1 Å². The highest BCUT2D eigenvalue weighted by molar-refractivity contribution is 6.04. The van der Waals surface area contributed by atoms with E-state index >= 15 is 0 Å². The molecule has 3 N–H and O–H groups in total. The van der Waals surface area contributed by atoms with Gasteiger partial charge in [0.05, 0.1) is 18.3 Å². The Morgan fingerprint density at radius 2 is 1.53 bits per heavy atom. The van der Waals surface area contributed by atoms with Crippen LogP contribution in [0.15, 0.2) is 78.9 Å². The van der Waals surface area contributed by atoms with Crippen LogP contribution < -0.4 is 20.7 Å². The predicted octanol–water partition coefficient (Wildman–Crippen LogP) is 4.78. The summed E-state index contributed by atoms with van der Waals surface area (Å²) in [5.41, 5.74) is 2.58. The second-order valence-electron chi connectivity index (χ2n) is 6.97. The lowest BCUT2D eigenvalue weighted by Crippen LogP contribution is -2.22. The SMILES string of the molecule is CC(C)Oc1ccccc1NC(=O)CNc1cccc(NC(=O)c2ccccc2)c1. The molecule has 0 unspecified atom stereocenters. The Morgan fingerprint density at radius 1 is 0.833 bits per heavy atom. The van der Waals surface area contributed by atoms with Gasteiger partial charge in [-0.25, -0.2) is 0 Å². The molecule has 3 aromatic rings. The molecular weight excluding hydrogens is 378 g/mol. The van der Waals surface area contributed by atoms with Crippen molar-refractivity contribution in [2.75, 3.05) is 22.5 Å². The van der Waals surface area contributed by atoms with Crippen molar-refractivity contribution >= 4 is 28.9 Å². The van der Waals surface area contributed by atoms with Crippen molar-refractivity contribution in [1.82, 2.24) is 0 Å². The normalized spacial score (nSPS) is 10.4.